The molecule has 31 heavy (non-hydrogen) atoms. The van der Waals surface area contributed by atoms with Gasteiger partial charge in [-0.3, -0.25) is 9.59 Å². The fourth-order valence-corrected chi connectivity index (χ4v) is 3.47. The second-order valence-electron chi connectivity index (χ2n) is 7.67. The number of benzene rings is 3. The summed E-state index contributed by atoms with van der Waals surface area (Å²) in [5, 5.41) is 7.91. The molecule has 2 amide bonds. The number of anilines is 1. The number of nitrogens with one attached hydrogen (secondary N) is 2. The first kappa shape index (κ1) is 22.5. The van der Waals surface area contributed by atoms with E-state index in [1.165, 1.54) is 0 Å². The first-order valence-corrected chi connectivity index (χ1v) is 10.7. The van der Waals surface area contributed by atoms with E-state index in [4.69, 9.17) is 11.5 Å². The van der Waals surface area contributed by atoms with Crippen LogP contribution in [0.4, 0.5) is 5.69 Å². The standard InChI is InChI=1S/C25H30N4O2/c26-16-6-11-22(27)24(30)29-23(15-12-18-7-2-1-3-8-18)25(31)28-21-14-13-19-9-4-5-10-20(19)17-21/h1-5,7-10,13-14,17,22-23H,6,11-12,15-16,26-27H2,(H,28,31)(H,29,30)/t22-,23?/m0/s1. The summed E-state index contributed by atoms with van der Waals surface area (Å²) in [6, 6.07) is 22.2. The summed E-state index contributed by atoms with van der Waals surface area (Å²) >= 11 is 0. The summed E-state index contributed by atoms with van der Waals surface area (Å²) in [6.45, 7) is 0.473. The Morgan fingerprint density at radius 3 is 2.29 bits per heavy atom. The van der Waals surface area contributed by atoms with Crippen molar-refractivity contribution >= 4 is 28.3 Å². The largest absolute Gasteiger partial charge is 0.343 e. The van der Waals surface area contributed by atoms with E-state index in [-0.39, 0.29) is 11.8 Å². The van der Waals surface area contributed by atoms with Crippen LogP contribution in [-0.2, 0) is 16.0 Å². The Morgan fingerprint density at radius 2 is 1.55 bits per heavy atom. The second-order valence-corrected chi connectivity index (χ2v) is 7.67. The van der Waals surface area contributed by atoms with Gasteiger partial charge in [-0.05, 0) is 60.7 Å². The lowest BCUT2D eigenvalue weighted by Crippen LogP contribution is -2.50. The maximum atomic E-state index is 13.1. The Hall–Kier alpha value is -3.22. The molecule has 1 unspecified atom stereocenters. The quantitative estimate of drug-likeness (QED) is 0.406. The number of carbonyl (C=O) groups excluding carboxylic acids is 2. The maximum absolute atomic E-state index is 13.1. The average Bonchev–Trinajstić information content (AvgIpc) is 2.80. The van der Waals surface area contributed by atoms with Crippen molar-refractivity contribution in [3.63, 3.8) is 0 Å². The average molecular weight is 419 g/mol. The number of carbonyl (C=O) groups is 2. The van der Waals surface area contributed by atoms with Crippen LogP contribution in [0.5, 0.6) is 0 Å². The molecule has 0 aliphatic carbocycles. The lowest BCUT2D eigenvalue weighted by atomic mass is 10.0. The van der Waals surface area contributed by atoms with Crippen molar-refractivity contribution in [2.75, 3.05) is 11.9 Å². The van der Waals surface area contributed by atoms with Gasteiger partial charge in [-0.2, -0.15) is 0 Å². The molecule has 6 nitrogen and oxygen atoms in total. The van der Waals surface area contributed by atoms with Gasteiger partial charge in [0.25, 0.3) is 0 Å². The van der Waals surface area contributed by atoms with Gasteiger partial charge in [-0.1, -0.05) is 60.7 Å². The zero-order valence-electron chi connectivity index (χ0n) is 17.6. The van der Waals surface area contributed by atoms with E-state index in [9.17, 15) is 9.59 Å². The second kappa shape index (κ2) is 11.2. The van der Waals surface area contributed by atoms with Crippen LogP contribution >= 0.6 is 0 Å². The fraction of sp³-hybridized carbons (Fsp3) is 0.280. The van der Waals surface area contributed by atoms with Crippen LogP contribution in [0.15, 0.2) is 72.8 Å². The summed E-state index contributed by atoms with van der Waals surface area (Å²) in [7, 11) is 0. The number of hydrogen-bond donors (Lipinski definition) is 4. The van der Waals surface area contributed by atoms with Gasteiger partial charge >= 0.3 is 0 Å². The molecule has 0 saturated heterocycles. The molecule has 2 atom stereocenters. The van der Waals surface area contributed by atoms with Crippen LogP contribution in [0.25, 0.3) is 10.8 Å². The molecule has 6 heteroatoms. The fourth-order valence-electron chi connectivity index (χ4n) is 3.47. The van der Waals surface area contributed by atoms with Crippen LogP contribution in [0.3, 0.4) is 0 Å². The van der Waals surface area contributed by atoms with E-state index >= 15 is 0 Å². The minimum atomic E-state index is -0.692. The third kappa shape index (κ3) is 6.64. The van der Waals surface area contributed by atoms with Crippen molar-refractivity contribution in [1.82, 2.24) is 5.32 Å². The van der Waals surface area contributed by atoms with Gasteiger partial charge in [-0.25, -0.2) is 0 Å². The van der Waals surface area contributed by atoms with Crippen LogP contribution in [0, 0.1) is 0 Å². The van der Waals surface area contributed by atoms with Gasteiger partial charge in [0.1, 0.15) is 6.04 Å². The lowest BCUT2D eigenvalue weighted by Gasteiger charge is -2.21. The Labute approximate surface area is 183 Å². The van der Waals surface area contributed by atoms with Crippen LogP contribution in [-0.4, -0.2) is 30.4 Å². The van der Waals surface area contributed by atoms with Gasteiger partial charge < -0.3 is 22.1 Å². The lowest BCUT2D eigenvalue weighted by molar-refractivity contribution is -0.127. The first-order chi connectivity index (χ1) is 15.1. The normalized spacial score (nSPS) is 12.8. The highest BCUT2D eigenvalue weighted by Gasteiger charge is 2.23. The van der Waals surface area contributed by atoms with Crippen molar-refractivity contribution in [2.45, 2.75) is 37.8 Å². The highest BCUT2D eigenvalue weighted by atomic mass is 16.2. The molecule has 0 saturated carbocycles. The zero-order valence-corrected chi connectivity index (χ0v) is 17.6. The van der Waals surface area contributed by atoms with Gasteiger partial charge in [-0.15, -0.1) is 0 Å². The zero-order chi connectivity index (χ0) is 22.1. The smallest absolute Gasteiger partial charge is 0.246 e. The van der Waals surface area contributed by atoms with E-state index in [1.54, 1.807) is 0 Å². The van der Waals surface area contributed by atoms with Crippen molar-refractivity contribution in [2.24, 2.45) is 11.5 Å². The van der Waals surface area contributed by atoms with Crippen molar-refractivity contribution in [1.29, 1.82) is 0 Å². The van der Waals surface area contributed by atoms with Crippen LogP contribution in [0.1, 0.15) is 24.8 Å². The van der Waals surface area contributed by atoms with Crippen molar-refractivity contribution in [3.8, 4) is 0 Å². The monoisotopic (exact) mass is 418 g/mol. The molecular weight excluding hydrogens is 388 g/mol. The number of aryl methyl sites for hydroxylation is 1. The molecule has 0 bridgehead atoms. The van der Waals surface area contributed by atoms with Crippen LogP contribution in [0.2, 0.25) is 0 Å². The Balaban J connectivity index is 1.71. The first-order valence-electron chi connectivity index (χ1n) is 10.7. The molecule has 6 N–H and O–H groups in total. The SMILES string of the molecule is NCCC[C@H](N)C(=O)NC(CCc1ccccc1)C(=O)Nc1ccc2ccccc2c1. The number of fused-ring (bicyclic) bond motifs is 1. The van der Waals surface area contributed by atoms with Gasteiger partial charge in [0.05, 0.1) is 6.04 Å². The number of hydrogen-bond acceptors (Lipinski definition) is 4. The third-order valence-corrected chi connectivity index (χ3v) is 5.27. The molecule has 3 aromatic rings. The van der Waals surface area contributed by atoms with E-state index in [2.05, 4.69) is 10.6 Å². The highest BCUT2D eigenvalue weighted by Crippen LogP contribution is 2.19. The van der Waals surface area contributed by atoms with E-state index in [0.29, 0.717) is 37.9 Å². The van der Waals surface area contributed by atoms with E-state index < -0.39 is 12.1 Å². The Morgan fingerprint density at radius 1 is 0.839 bits per heavy atom. The van der Waals surface area contributed by atoms with Gasteiger partial charge in [0, 0.05) is 5.69 Å². The topological polar surface area (TPSA) is 110 Å². The minimum Gasteiger partial charge on any atom is -0.343 e. The Bertz CT molecular complexity index is 1010. The molecule has 0 aromatic heterocycles. The predicted molar refractivity (Wildman–Crippen MR) is 126 cm³/mol. The molecule has 0 fully saturated rings. The molecule has 0 aliphatic heterocycles. The molecule has 3 aromatic carbocycles. The third-order valence-electron chi connectivity index (χ3n) is 5.27. The molecular formula is C25H30N4O2. The minimum absolute atomic E-state index is 0.259. The van der Waals surface area contributed by atoms with Crippen molar-refractivity contribution < 1.29 is 9.59 Å². The van der Waals surface area contributed by atoms with E-state index in [1.807, 2.05) is 72.8 Å². The number of nitrogens with two attached hydrogens (primary N) is 2. The molecule has 162 valence electrons. The Kier molecular flexibility index (Phi) is 8.15. The summed E-state index contributed by atoms with van der Waals surface area (Å²) in [5.41, 5.74) is 13.3. The molecule has 0 heterocycles. The summed E-state index contributed by atoms with van der Waals surface area (Å²) < 4.78 is 0. The molecule has 3 rings (SSSR count). The summed E-state index contributed by atoms with van der Waals surface area (Å²) in [4.78, 5) is 25.6. The van der Waals surface area contributed by atoms with Crippen LogP contribution < -0.4 is 22.1 Å². The molecule has 0 spiro atoms. The summed E-state index contributed by atoms with van der Waals surface area (Å²) in [6.07, 6.45) is 2.28. The maximum Gasteiger partial charge on any atom is 0.246 e. The predicted octanol–water partition coefficient (Wildman–Crippen LogP) is 2.96. The van der Waals surface area contributed by atoms with Gasteiger partial charge in [0.2, 0.25) is 11.8 Å². The van der Waals surface area contributed by atoms with Crippen molar-refractivity contribution in [3.05, 3.63) is 78.4 Å². The number of rotatable bonds is 10. The molecule has 0 aliphatic rings. The van der Waals surface area contributed by atoms with Gasteiger partial charge in [0.15, 0.2) is 0 Å². The highest BCUT2D eigenvalue weighted by molar-refractivity contribution is 5.99. The number of amides is 2. The van der Waals surface area contributed by atoms with E-state index in [0.717, 1.165) is 16.3 Å². The molecule has 0 radical (unpaired) electrons. The summed E-state index contributed by atoms with van der Waals surface area (Å²) in [5.74, 6) is -0.592.